The standard InChI is InChI=1S/C15H19N3O/c16-14-3-4-15(12-6-7-17-10-13(12)14)18-8-5-11-2-1-9-19-11/h3-4,6-7,10-11,18H,1-2,5,8-9,16H2. The van der Waals surface area contributed by atoms with Crippen molar-refractivity contribution in [3.8, 4) is 0 Å². The van der Waals surface area contributed by atoms with Gasteiger partial charge < -0.3 is 15.8 Å². The number of aromatic nitrogens is 1. The summed E-state index contributed by atoms with van der Waals surface area (Å²) in [6.07, 6.45) is 7.48. The van der Waals surface area contributed by atoms with E-state index in [1.807, 2.05) is 24.4 Å². The molecular weight excluding hydrogens is 238 g/mol. The highest BCUT2D eigenvalue weighted by Gasteiger charge is 2.14. The molecule has 2 heterocycles. The number of fused-ring (bicyclic) bond motifs is 1. The number of nitrogen functional groups attached to an aromatic ring is 1. The minimum Gasteiger partial charge on any atom is -0.398 e. The van der Waals surface area contributed by atoms with Crippen LogP contribution in [0.4, 0.5) is 11.4 Å². The molecule has 0 saturated carbocycles. The Bertz CT molecular complexity index is 564. The van der Waals surface area contributed by atoms with E-state index in [1.165, 1.54) is 12.8 Å². The molecule has 19 heavy (non-hydrogen) atoms. The summed E-state index contributed by atoms with van der Waals surface area (Å²) >= 11 is 0. The Morgan fingerprint density at radius 2 is 2.26 bits per heavy atom. The Hall–Kier alpha value is -1.81. The summed E-state index contributed by atoms with van der Waals surface area (Å²) in [7, 11) is 0. The van der Waals surface area contributed by atoms with Crippen LogP contribution in [0, 0.1) is 0 Å². The molecule has 0 radical (unpaired) electrons. The molecule has 4 heteroatoms. The van der Waals surface area contributed by atoms with Gasteiger partial charge in [-0.25, -0.2) is 0 Å². The fourth-order valence-corrected chi connectivity index (χ4v) is 2.61. The maximum atomic E-state index is 5.97. The van der Waals surface area contributed by atoms with E-state index in [0.29, 0.717) is 6.10 Å². The molecule has 1 atom stereocenters. The first-order chi connectivity index (χ1) is 9.34. The first kappa shape index (κ1) is 12.2. The molecule has 1 aromatic heterocycles. The van der Waals surface area contributed by atoms with Crippen molar-refractivity contribution in [3.63, 3.8) is 0 Å². The lowest BCUT2D eigenvalue weighted by Gasteiger charge is -2.13. The molecule has 3 N–H and O–H groups in total. The highest BCUT2D eigenvalue weighted by atomic mass is 16.5. The topological polar surface area (TPSA) is 60.2 Å². The van der Waals surface area contributed by atoms with Gasteiger partial charge in [0, 0.05) is 47.7 Å². The fraction of sp³-hybridized carbons (Fsp3) is 0.400. The van der Waals surface area contributed by atoms with Gasteiger partial charge in [0.1, 0.15) is 0 Å². The lowest BCUT2D eigenvalue weighted by Crippen LogP contribution is -2.12. The third-order valence-corrected chi connectivity index (χ3v) is 3.66. The SMILES string of the molecule is Nc1ccc(NCCC2CCCO2)c2ccncc12. The van der Waals surface area contributed by atoms with Crippen molar-refractivity contribution in [2.75, 3.05) is 24.2 Å². The van der Waals surface area contributed by atoms with Gasteiger partial charge in [0.25, 0.3) is 0 Å². The zero-order chi connectivity index (χ0) is 13.1. The molecule has 0 bridgehead atoms. The monoisotopic (exact) mass is 257 g/mol. The number of ether oxygens (including phenoxy) is 1. The molecule has 1 aliphatic rings. The number of benzene rings is 1. The summed E-state index contributed by atoms with van der Waals surface area (Å²) in [6, 6.07) is 5.96. The van der Waals surface area contributed by atoms with E-state index < -0.39 is 0 Å². The lowest BCUT2D eigenvalue weighted by atomic mass is 10.1. The molecule has 100 valence electrons. The average molecular weight is 257 g/mol. The third-order valence-electron chi connectivity index (χ3n) is 3.66. The number of hydrogen-bond acceptors (Lipinski definition) is 4. The minimum atomic E-state index is 0.425. The van der Waals surface area contributed by atoms with Crippen molar-refractivity contribution in [1.82, 2.24) is 4.98 Å². The van der Waals surface area contributed by atoms with Gasteiger partial charge in [-0.2, -0.15) is 0 Å². The highest BCUT2D eigenvalue weighted by Crippen LogP contribution is 2.27. The van der Waals surface area contributed by atoms with Gasteiger partial charge in [-0.3, -0.25) is 4.98 Å². The number of pyridine rings is 1. The van der Waals surface area contributed by atoms with Crippen LogP contribution in [-0.4, -0.2) is 24.2 Å². The molecule has 1 saturated heterocycles. The number of nitrogens with one attached hydrogen (secondary N) is 1. The zero-order valence-electron chi connectivity index (χ0n) is 10.9. The molecular formula is C15H19N3O. The first-order valence-corrected chi connectivity index (χ1v) is 6.82. The maximum Gasteiger partial charge on any atom is 0.0592 e. The van der Waals surface area contributed by atoms with Gasteiger partial charge in [0.2, 0.25) is 0 Å². The van der Waals surface area contributed by atoms with E-state index in [9.17, 15) is 0 Å². The Morgan fingerprint density at radius 1 is 1.32 bits per heavy atom. The van der Waals surface area contributed by atoms with Crippen molar-refractivity contribution >= 4 is 22.1 Å². The highest BCUT2D eigenvalue weighted by molar-refractivity contribution is 6.00. The number of rotatable bonds is 4. The molecule has 1 aromatic carbocycles. The van der Waals surface area contributed by atoms with Crippen LogP contribution in [0.1, 0.15) is 19.3 Å². The van der Waals surface area contributed by atoms with Crippen LogP contribution in [0.25, 0.3) is 10.8 Å². The summed E-state index contributed by atoms with van der Waals surface area (Å²) in [5.74, 6) is 0. The van der Waals surface area contributed by atoms with Crippen LogP contribution in [0.2, 0.25) is 0 Å². The minimum absolute atomic E-state index is 0.425. The van der Waals surface area contributed by atoms with E-state index in [2.05, 4.69) is 10.3 Å². The summed E-state index contributed by atoms with van der Waals surface area (Å²) in [6.45, 7) is 1.84. The number of anilines is 2. The van der Waals surface area contributed by atoms with E-state index in [4.69, 9.17) is 10.5 Å². The summed E-state index contributed by atoms with van der Waals surface area (Å²) in [5.41, 5.74) is 7.85. The van der Waals surface area contributed by atoms with Crippen LogP contribution >= 0.6 is 0 Å². The van der Waals surface area contributed by atoms with Gasteiger partial charge >= 0.3 is 0 Å². The smallest absolute Gasteiger partial charge is 0.0592 e. The number of hydrogen-bond donors (Lipinski definition) is 2. The first-order valence-electron chi connectivity index (χ1n) is 6.82. The molecule has 2 aromatic rings. The Kier molecular flexibility index (Phi) is 3.51. The molecule has 3 rings (SSSR count). The van der Waals surface area contributed by atoms with Crippen LogP contribution in [-0.2, 0) is 4.74 Å². The number of nitrogens with two attached hydrogens (primary N) is 1. The second kappa shape index (κ2) is 5.45. The average Bonchev–Trinajstić information content (AvgIpc) is 2.95. The molecule has 0 spiro atoms. The second-order valence-corrected chi connectivity index (χ2v) is 4.97. The molecule has 0 aliphatic carbocycles. The number of nitrogens with zero attached hydrogens (tertiary/aromatic N) is 1. The van der Waals surface area contributed by atoms with E-state index in [0.717, 1.165) is 41.7 Å². The molecule has 0 amide bonds. The Balaban J connectivity index is 1.72. The predicted octanol–water partition coefficient (Wildman–Crippen LogP) is 2.80. The largest absolute Gasteiger partial charge is 0.398 e. The van der Waals surface area contributed by atoms with Gasteiger partial charge in [-0.15, -0.1) is 0 Å². The van der Waals surface area contributed by atoms with Crippen molar-refractivity contribution in [2.24, 2.45) is 0 Å². The van der Waals surface area contributed by atoms with Crippen molar-refractivity contribution < 1.29 is 4.74 Å². The van der Waals surface area contributed by atoms with E-state index >= 15 is 0 Å². The molecule has 1 unspecified atom stereocenters. The van der Waals surface area contributed by atoms with Crippen molar-refractivity contribution in [2.45, 2.75) is 25.4 Å². The normalized spacial score (nSPS) is 18.8. The zero-order valence-corrected chi connectivity index (χ0v) is 10.9. The summed E-state index contributed by atoms with van der Waals surface area (Å²) < 4.78 is 5.63. The summed E-state index contributed by atoms with van der Waals surface area (Å²) in [4.78, 5) is 4.13. The van der Waals surface area contributed by atoms with Gasteiger partial charge in [0.05, 0.1) is 6.10 Å². The quantitative estimate of drug-likeness (QED) is 0.827. The maximum absolute atomic E-state index is 5.97. The van der Waals surface area contributed by atoms with E-state index in [1.54, 1.807) is 6.20 Å². The van der Waals surface area contributed by atoms with Crippen LogP contribution in [0.15, 0.2) is 30.6 Å². The second-order valence-electron chi connectivity index (χ2n) is 4.97. The van der Waals surface area contributed by atoms with E-state index in [-0.39, 0.29) is 0 Å². The molecule has 1 fully saturated rings. The lowest BCUT2D eigenvalue weighted by molar-refractivity contribution is 0.107. The van der Waals surface area contributed by atoms with Crippen molar-refractivity contribution in [3.05, 3.63) is 30.6 Å². The Labute approximate surface area is 113 Å². The predicted molar refractivity (Wildman–Crippen MR) is 78.2 cm³/mol. The van der Waals surface area contributed by atoms with Crippen LogP contribution < -0.4 is 11.1 Å². The Morgan fingerprint density at radius 3 is 3.11 bits per heavy atom. The van der Waals surface area contributed by atoms with Gasteiger partial charge in [-0.05, 0) is 37.5 Å². The van der Waals surface area contributed by atoms with Crippen LogP contribution in [0.5, 0.6) is 0 Å². The molecule has 4 nitrogen and oxygen atoms in total. The third kappa shape index (κ3) is 2.63. The summed E-state index contributed by atoms with van der Waals surface area (Å²) in [5, 5.41) is 5.61. The molecule has 1 aliphatic heterocycles. The van der Waals surface area contributed by atoms with Crippen molar-refractivity contribution in [1.29, 1.82) is 0 Å². The van der Waals surface area contributed by atoms with Gasteiger partial charge in [0.15, 0.2) is 0 Å². The van der Waals surface area contributed by atoms with Crippen LogP contribution in [0.3, 0.4) is 0 Å². The van der Waals surface area contributed by atoms with Gasteiger partial charge in [-0.1, -0.05) is 0 Å². The fourth-order valence-electron chi connectivity index (χ4n) is 2.61.